The van der Waals surface area contributed by atoms with Crippen LogP contribution >= 0.6 is 0 Å². The number of hydrazone groups is 1. The fraction of sp³-hybridized carbons (Fsp3) is 0.300. The number of carbonyl (C=O) groups excluding carboxylic acids is 1. The minimum atomic E-state index is -0.229. The number of methoxy groups -OCH3 is 1. The number of nitrogens with zero attached hydrogens (tertiary/aromatic N) is 2. The van der Waals surface area contributed by atoms with Gasteiger partial charge in [0, 0.05) is 25.2 Å². The van der Waals surface area contributed by atoms with Crippen LogP contribution in [0.4, 0.5) is 0 Å². The van der Waals surface area contributed by atoms with Gasteiger partial charge < -0.3 is 9.47 Å². The molecule has 0 atom stereocenters. The normalized spacial score (nSPS) is 15.1. The molecule has 1 aliphatic rings. The van der Waals surface area contributed by atoms with E-state index < -0.39 is 0 Å². The summed E-state index contributed by atoms with van der Waals surface area (Å²) in [6, 6.07) is 15.0. The van der Waals surface area contributed by atoms with E-state index in [0.717, 1.165) is 44.2 Å². The zero-order valence-electron chi connectivity index (χ0n) is 14.9. The minimum Gasteiger partial charge on any atom is -0.497 e. The molecule has 0 spiro atoms. The summed E-state index contributed by atoms with van der Waals surface area (Å²) in [6.45, 7) is 4.34. The SMILES string of the molecule is COc1ccc(/C=N/NC(=O)c2ccc(CN3CCOCC3)cc2)cc1. The standard InChI is InChI=1S/C20H23N3O3/c1-25-19-8-4-16(5-9-19)14-21-22-20(24)18-6-2-17(3-7-18)15-23-10-12-26-13-11-23/h2-9,14H,10-13,15H2,1H3,(H,22,24)/b21-14+. The zero-order valence-corrected chi connectivity index (χ0v) is 14.9. The van der Waals surface area contributed by atoms with Crippen LogP contribution < -0.4 is 10.2 Å². The number of carbonyl (C=O) groups is 1. The number of ether oxygens (including phenoxy) is 2. The van der Waals surface area contributed by atoms with Crippen molar-refractivity contribution in [3.8, 4) is 5.75 Å². The van der Waals surface area contributed by atoms with Crippen molar-refractivity contribution in [1.29, 1.82) is 0 Å². The van der Waals surface area contributed by atoms with Crippen LogP contribution in [0.5, 0.6) is 5.75 Å². The lowest BCUT2D eigenvalue weighted by Gasteiger charge is -2.26. The number of amides is 1. The Labute approximate surface area is 153 Å². The Morgan fingerprint density at radius 1 is 1.15 bits per heavy atom. The third-order valence-electron chi connectivity index (χ3n) is 4.22. The van der Waals surface area contributed by atoms with Crippen molar-refractivity contribution in [3.05, 3.63) is 65.2 Å². The second kappa shape index (κ2) is 9.12. The van der Waals surface area contributed by atoms with Crippen molar-refractivity contribution in [2.45, 2.75) is 6.54 Å². The van der Waals surface area contributed by atoms with E-state index in [0.29, 0.717) is 5.56 Å². The molecule has 136 valence electrons. The molecule has 6 nitrogen and oxygen atoms in total. The zero-order chi connectivity index (χ0) is 18.2. The minimum absolute atomic E-state index is 0.229. The molecule has 2 aromatic carbocycles. The van der Waals surface area contributed by atoms with Gasteiger partial charge in [-0.15, -0.1) is 0 Å². The van der Waals surface area contributed by atoms with E-state index in [1.54, 1.807) is 13.3 Å². The van der Waals surface area contributed by atoms with E-state index in [1.165, 1.54) is 5.56 Å². The summed E-state index contributed by atoms with van der Waals surface area (Å²) in [7, 11) is 1.62. The molecule has 0 unspecified atom stereocenters. The van der Waals surface area contributed by atoms with Crippen molar-refractivity contribution >= 4 is 12.1 Å². The van der Waals surface area contributed by atoms with E-state index >= 15 is 0 Å². The molecule has 1 amide bonds. The first-order valence-corrected chi connectivity index (χ1v) is 8.61. The van der Waals surface area contributed by atoms with Gasteiger partial charge in [0.15, 0.2) is 0 Å². The maximum atomic E-state index is 12.2. The molecule has 0 aliphatic carbocycles. The topological polar surface area (TPSA) is 63.2 Å². The maximum absolute atomic E-state index is 12.2. The Morgan fingerprint density at radius 3 is 2.50 bits per heavy atom. The lowest BCUT2D eigenvalue weighted by atomic mass is 10.1. The molecular formula is C20H23N3O3. The number of nitrogens with one attached hydrogen (secondary N) is 1. The molecule has 0 radical (unpaired) electrons. The largest absolute Gasteiger partial charge is 0.497 e. The third-order valence-corrected chi connectivity index (χ3v) is 4.22. The number of rotatable bonds is 6. The van der Waals surface area contributed by atoms with Crippen molar-refractivity contribution < 1.29 is 14.3 Å². The van der Waals surface area contributed by atoms with Gasteiger partial charge in [-0.25, -0.2) is 5.43 Å². The van der Waals surface area contributed by atoms with Crippen LogP contribution in [0, 0.1) is 0 Å². The smallest absolute Gasteiger partial charge is 0.271 e. The van der Waals surface area contributed by atoms with Crippen LogP contribution in [0.2, 0.25) is 0 Å². The average molecular weight is 353 g/mol. The summed E-state index contributed by atoms with van der Waals surface area (Å²) in [5.41, 5.74) is 5.20. The predicted molar refractivity (Wildman–Crippen MR) is 101 cm³/mol. The molecule has 1 fully saturated rings. The average Bonchev–Trinajstić information content (AvgIpc) is 2.70. The van der Waals surface area contributed by atoms with Crippen molar-refractivity contribution in [2.24, 2.45) is 5.10 Å². The monoisotopic (exact) mass is 353 g/mol. The van der Waals surface area contributed by atoms with E-state index in [4.69, 9.17) is 9.47 Å². The highest BCUT2D eigenvalue weighted by Gasteiger charge is 2.11. The number of benzene rings is 2. The Morgan fingerprint density at radius 2 is 1.85 bits per heavy atom. The molecule has 6 heteroatoms. The summed E-state index contributed by atoms with van der Waals surface area (Å²) in [5.74, 6) is 0.552. The van der Waals surface area contributed by atoms with Crippen LogP contribution in [0.15, 0.2) is 53.6 Å². The molecular weight excluding hydrogens is 330 g/mol. The molecule has 0 saturated carbocycles. The van der Waals surface area contributed by atoms with Crippen molar-refractivity contribution in [3.63, 3.8) is 0 Å². The van der Waals surface area contributed by atoms with E-state index in [-0.39, 0.29) is 5.91 Å². The summed E-state index contributed by atoms with van der Waals surface area (Å²) in [4.78, 5) is 14.5. The molecule has 1 saturated heterocycles. The lowest BCUT2D eigenvalue weighted by molar-refractivity contribution is 0.0342. The van der Waals surface area contributed by atoms with Gasteiger partial charge in [-0.2, -0.15) is 5.10 Å². The second-order valence-corrected chi connectivity index (χ2v) is 6.06. The maximum Gasteiger partial charge on any atom is 0.271 e. The van der Waals surface area contributed by atoms with Gasteiger partial charge in [0.25, 0.3) is 5.91 Å². The van der Waals surface area contributed by atoms with Gasteiger partial charge in [0.2, 0.25) is 0 Å². The molecule has 0 aromatic heterocycles. The van der Waals surface area contributed by atoms with E-state index in [2.05, 4.69) is 15.4 Å². The number of morpholine rings is 1. The van der Waals surface area contributed by atoms with Gasteiger partial charge in [-0.05, 0) is 47.5 Å². The quantitative estimate of drug-likeness (QED) is 0.639. The highest BCUT2D eigenvalue weighted by atomic mass is 16.5. The Bertz CT molecular complexity index is 736. The second-order valence-electron chi connectivity index (χ2n) is 6.06. The Balaban J connectivity index is 1.51. The summed E-state index contributed by atoms with van der Waals surface area (Å²) < 4.78 is 10.5. The number of hydrogen-bond donors (Lipinski definition) is 1. The molecule has 3 rings (SSSR count). The third kappa shape index (κ3) is 5.15. The highest BCUT2D eigenvalue weighted by Crippen LogP contribution is 2.10. The summed E-state index contributed by atoms with van der Waals surface area (Å²) in [6.07, 6.45) is 1.60. The first kappa shape index (κ1) is 18.1. The van der Waals surface area contributed by atoms with Gasteiger partial charge in [-0.3, -0.25) is 9.69 Å². The van der Waals surface area contributed by atoms with Crippen LogP contribution in [-0.4, -0.2) is 50.4 Å². The molecule has 1 aliphatic heterocycles. The summed E-state index contributed by atoms with van der Waals surface area (Å²) in [5, 5.41) is 4.00. The van der Waals surface area contributed by atoms with Crippen LogP contribution in [0.25, 0.3) is 0 Å². The lowest BCUT2D eigenvalue weighted by Crippen LogP contribution is -2.35. The van der Waals surface area contributed by atoms with Crippen molar-refractivity contribution in [1.82, 2.24) is 10.3 Å². The molecule has 1 N–H and O–H groups in total. The van der Waals surface area contributed by atoms with Gasteiger partial charge >= 0.3 is 0 Å². The fourth-order valence-corrected chi connectivity index (χ4v) is 2.70. The molecule has 26 heavy (non-hydrogen) atoms. The van der Waals surface area contributed by atoms with E-state index in [1.807, 2.05) is 48.5 Å². The van der Waals surface area contributed by atoms with Crippen molar-refractivity contribution in [2.75, 3.05) is 33.4 Å². The fourth-order valence-electron chi connectivity index (χ4n) is 2.70. The molecule has 1 heterocycles. The molecule has 2 aromatic rings. The van der Waals surface area contributed by atoms with Gasteiger partial charge in [0.1, 0.15) is 5.75 Å². The first-order valence-electron chi connectivity index (χ1n) is 8.61. The van der Waals surface area contributed by atoms with Crippen LogP contribution in [0.3, 0.4) is 0 Å². The van der Waals surface area contributed by atoms with Crippen LogP contribution in [-0.2, 0) is 11.3 Å². The predicted octanol–water partition coefficient (Wildman–Crippen LogP) is 2.29. The Kier molecular flexibility index (Phi) is 6.35. The first-order chi connectivity index (χ1) is 12.7. The van der Waals surface area contributed by atoms with Gasteiger partial charge in [0.05, 0.1) is 26.5 Å². The molecule has 0 bridgehead atoms. The highest BCUT2D eigenvalue weighted by molar-refractivity contribution is 5.94. The van der Waals surface area contributed by atoms with E-state index in [9.17, 15) is 4.79 Å². The van der Waals surface area contributed by atoms with Crippen LogP contribution in [0.1, 0.15) is 21.5 Å². The summed E-state index contributed by atoms with van der Waals surface area (Å²) >= 11 is 0. The Hall–Kier alpha value is -2.70. The van der Waals surface area contributed by atoms with Gasteiger partial charge in [-0.1, -0.05) is 12.1 Å². The number of hydrogen-bond acceptors (Lipinski definition) is 5.